The van der Waals surface area contributed by atoms with Crippen molar-refractivity contribution in [2.75, 3.05) is 23.3 Å². The molecule has 0 saturated carbocycles. The summed E-state index contributed by atoms with van der Waals surface area (Å²) < 4.78 is 0. The molecule has 2 aromatic carbocycles. The van der Waals surface area contributed by atoms with Crippen LogP contribution in [0, 0.1) is 23.0 Å². The van der Waals surface area contributed by atoms with Crippen molar-refractivity contribution in [2.24, 2.45) is 5.92 Å². The first kappa shape index (κ1) is 20.7. The molecule has 0 aromatic heterocycles. The van der Waals surface area contributed by atoms with Crippen molar-refractivity contribution in [3.05, 3.63) is 63.7 Å². The van der Waals surface area contributed by atoms with E-state index >= 15 is 0 Å². The molecule has 2 aromatic rings. The summed E-state index contributed by atoms with van der Waals surface area (Å²) >= 11 is 5.22. The molecule has 0 spiro atoms. The van der Waals surface area contributed by atoms with Crippen molar-refractivity contribution in [3.8, 4) is 0 Å². The maximum absolute atomic E-state index is 12.5. The number of rotatable bonds is 4. The number of nitrogens with one attached hydrogen (secondary N) is 2. The Morgan fingerprint density at radius 1 is 1.17 bits per heavy atom. The van der Waals surface area contributed by atoms with Crippen LogP contribution in [0.15, 0.2) is 42.5 Å². The fraction of sp³-hybridized carbons (Fsp3) is 0.333. The third kappa shape index (κ3) is 5.08. The first-order valence-corrected chi connectivity index (χ1v) is 9.97. The van der Waals surface area contributed by atoms with Gasteiger partial charge in [-0.05, 0) is 68.2 Å². The van der Waals surface area contributed by atoms with Crippen LogP contribution >= 0.6 is 12.2 Å². The summed E-state index contributed by atoms with van der Waals surface area (Å²) in [5.41, 5.74) is 2.36. The standard InChI is InChI=1S/C21H24N4O3S/c1-14-10-12-24(13-11-14)17-8-6-16(7-9-17)22-21(29)23-20(26)18-4-3-5-19(15(18)2)25(27)28/h3-9,14H,10-13H2,1-2H3,(H2,22,23,26,29). The normalized spacial score (nSPS) is 14.3. The van der Waals surface area contributed by atoms with Gasteiger partial charge in [0.2, 0.25) is 0 Å². The number of hydrogen-bond donors (Lipinski definition) is 2. The van der Waals surface area contributed by atoms with E-state index in [4.69, 9.17) is 12.2 Å². The van der Waals surface area contributed by atoms with Crippen molar-refractivity contribution in [1.29, 1.82) is 0 Å². The third-order valence-corrected chi connectivity index (χ3v) is 5.45. The van der Waals surface area contributed by atoms with Crippen LogP contribution in [-0.4, -0.2) is 29.0 Å². The second-order valence-electron chi connectivity index (χ2n) is 7.33. The number of amides is 1. The van der Waals surface area contributed by atoms with Crippen molar-refractivity contribution < 1.29 is 9.72 Å². The Morgan fingerprint density at radius 2 is 1.83 bits per heavy atom. The summed E-state index contributed by atoms with van der Waals surface area (Å²) in [4.78, 5) is 25.4. The summed E-state index contributed by atoms with van der Waals surface area (Å²) in [5, 5.41) is 16.8. The molecule has 0 bridgehead atoms. The lowest BCUT2D eigenvalue weighted by Gasteiger charge is -2.32. The lowest BCUT2D eigenvalue weighted by Crippen LogP contribution is -2.34. The van der Waals surface area contributed by atoms with Crippen LogP contribution < -0.4 is 15.5 Å². The Morgan fingerprint density at radius 3 is 2.45 bits per heavy atom. The van der Waals surface area contributed by atoms with Gasteiger partial charge in [0.25, 0.3) is 11.6 Å². The molecule has 2 N–H and O–H groups in total. The Bertz CT molecular complexity index is 922. The van der Waals surface area contributed by atoms with E-state index in [1.54, 1.807) is 6.92 Å². The minimum atomic E-state index is -0.507. The Labute approximate surface area is 175 Å². The van der Waals surface area contributed by atoms with Gasteiger partial charge in [0.15, 0.2) is 5.11 Å². The van der Waals surface area contributed by atoms with E-state index in [2.05, 4.69) is 22.5 Å². The number of nitro groups is 1. The van der Waals surface area contributed by atoms with Crippen LogP contribution in [0.25, 0.3) is 0 Å². The fourth-order valence-electron chi connectivity index (χ4n) is 3.42. The lowest BCUT2D eigenvalue weighted by molar-refractivity contribution is -0.385. The van der Waals surface area contributed by atoms with Gasteiger partial charge in [0.05, 0.1) is 4.92 Å². The van der Waals surface area contributed by atoms with Crippen molar-refractivity contribution in [1.82, 2.24) is 5.32 Å². The molecule has 1 aliphatic heterocycles. The molecule has 152 valence electrons. The quantitative estimate of drug-likeness (QED) is 0.443. The van der Waals surface area contributed by atoms with Gasteiger partial charge in [0.1, 0.15) is 0 Å². The summed E-state index contributed by atoms with van der Waals surface area (Å²) in [6, 6.07) is 12.3. The van der Waals surface area contributed by atoms with Gasteiger partial charge in [-0.15, -0.1) is 0 Å². The predicted molar refractivity (Wildman–Crippen MR) is 119 cm³/mol. The van der Waals surface area contributed by atoms with Crippen LogP contribution in [0.2, 0.25) is 0 Å². The minimum absolute atomic E-state index is 0.0979. The molecule has 1 fully saturated rings. The molecular weight excluding hydrogens is 388 g/mol. The van der Waals surface area contributed by atoms with E-state index in [0.29, 0.717) is 5.56 Å². The van der Waals surface area contributed by atoms with E-state index in [0.717, 1.165) is 24.7 Å². The summed E-state index contributed by atoms with van der Waals surface area (Å²) in [6.07, 6.45) is 2.40. The van der Waals surface area contributed by atoms with Gasteiger partial charge in [-0.1, -0.05) is 13.0 Å². The van der Waals surface area contributed by atoms with Gasteiger partial charge in [-0.25, -0.2) is 0 Å². The van der Waals surface area contributed by atoms with Crippen LogP contribution in [0.3, 0.4) is 0 Å². The number of hydrogen-bond acceptors (Lipinski definition) is 5. The Hall–Kier alpha value is -3.00. The molecule has 8 heteroatoms. The average molecular weight is 413 g/mol. The van der Waals surface area contributed by atoms with Crippen LogP contribution in [0.5, 0.6) is 0 Å². The fourth-order valence-corrected chi connectivity index (χ4v) is 3.63. The molecule has 0 radical (unpaired) electrons. The molecule has 7 nitrogen and oxygen atoms in total. The molecule has 0 atom stereocenters. The number of nitrogens with zero attached hydrogens (tertiary/aromatic N) is 2. The first-order chi connectivity index (χ1) is 13.8. The van der Waals surface area contributed by atoms with Crippen molar-refractivity contribution in [3.63, 3.8) is 0 Å². The molecular formula is C21H24N4O3S. The summed E-state index contributed by atoms with van der Waals surface area (Å²) in [7, 11) is 0. The highest BCUT2D eigenvalue weighted by molar-refractivity contribution is 7.80. The predicted octanol–water partition coefficient (Wildman–Crippen LogP) is 4.27. The molecule has 0 aliphatic carbocycles. The zero-order valence-corrected chi connectivity index (χ0v) is 17.3. The zero-order chi connectivity index (χ0) is 21.0. The number of benzene rings is 2. The molecule has 1 saturated heterocycles. The molecule has 1 heterocycles. The minimum Gasteiger partial charge on any atom is -0.372 e. The monoisotopic (exact) mass is 412 g/mol. The summed E-state index contributed by atoms with van der Waals surface area (Å²) in [5.74, 6) is 0.297. The summed E-state index contributed by atoms with van der Waals surface area (Å²) in [6.45, 7) is 5.95. The second kappa shape index (κ2) is 9.00. The van der Waals surface area contributed by atoms with E-state index in [1.807, 2.05) is 24.3 Å². The van der Waals surface area contributed by atoms with E-state index < -0.39 is 10.8 Å². The highest BCUT2D eigenvalue weighted by Gasteiger charge is 2.19. The third-order valence-electron chi connectivity index (χ3n) is 5.25. The van der Waals surface area contributed by atoms with E-state index in [9.17, 15) is 14.9 Å². The number of nitro benzene ring substituents is 1. The Balaban J connectivity index is 1.60. The SMILES string of the molecule is Cc1c(C(=O)NC(=S)Nc2ccc(N3CCC(C)CC3)cc2)cccc1[N+](=O)[O-]. The topological polar surface area (TPSA) is 87.5 Å². The molecule has 3 rings (SSSR count). The van der Waals surface area contributed by atoms with Crippen LogP contribution in [0.4, 0.5) is 17.1 Å². The highest BCUT2D eigenvalue weighted by Crippen LogP contribution is 2.24. The molecule has 29 heavy (non-hydrogen) atoms. The first-order valence-electron chi connectivity index (χ1n) is 9.56. The molecule has 1 aliphatic rings. The maximum Gasteiger partial charge on any atom is 0.273 e. The van der Waals surface area contributed by atoms with E-state index in [1.165, 1.54) is 36.7 Å². The van der Waals surface area contributed by atoms with Gasteiger partial charge in [0, 0.05) is 41.7 Å². The number of carbonyl (C=O) groups is 1. The van der Waals surface area contributed by atoms with Crippen LogP contribution in [-0.2, 0) is 0 Å². The lowest BCUT2D eigenvalue weighted by atomic mass is 9.99. The van der Waals surface area contributed by atoms with Crippen LogP contribution in [0.1, 0.15) is 35.7 Å². The van der Waals surface area contributed by atoms with E-state index in [-0.39, 0.29) is 16.4 Å². The number of carbonyl (C=O) groups excluding carboxylic acids is 1. The second-order valence-corrected chi connectivity index (χ2v) is 7.74. The van der Waals surface area contributed by atoms with Crippen molar-refractivity contribution >= 4 is 40.3 Å². The molecule has 0 unspecified atom stereocenters. The number of piperidine rings is 1. The maximum atomic E-state index is 12.5. The van der Waals surface area contributed by atoms with Gasteiger partial charge < -0.3 is 10.2 Å². The number of thiocarbonyl (C=S) groups is 1. The van der Waals surface area contributed by atoms with Gasteiger partial charge >= 0.3 is 0 Å². The van der Waals surface area contributed by atoms with Gasteiger partial charge in [-0.2, -0.15) is 0 Å². The largest absolute Gasteiger partial charge is 0.372 e. The van der Waals surface area contributed by atoms with Crippen molar-refractivity contribution in [2.45, 2.75) is 26.7 Å². The Kier molecular flexibility index (Phi) is 6.43. The molecule has 1 amide bonds. The zero-order valence-electron chi connectivity index (χ0n) is 16.5. The highest BCUT2D eigenvalue weighted by atomic mass is 32.1. The average Bonchev–Trinajstić information content (AvgIpc) is 2.69. The van der Waals surface area contributed by atoms with Gasteiger partial charge in [-0.3, -0.25) is 20.2 Å². The smallest absolute Gasteiger partial charge is 0.273 e. The number of anilines is 2.